The van der Waals surface area contributed by atoms with Gasteiger partial charge in [-0.3, -0.25) is 0 Å². The van der Waals surface area contributed by atoms with Gasteiger partial charge in [-0.2, -0.15) is 0 Å². The van der Waals surface area contributed by atoms with Crippen molar-refractivity contribution in [3.63, 3.8) is 0 Å². The van der Waals surface area contributed by atoms with Crippen LogP contribution in [0, 0.1) is 0 Å². The predicted molar refractivity (Wildman–Crippen MR) is 622 cm³/mol. The highest BCUT2D eigenvalue weighted by atomic mass is 15.0. The van der Waals surface area contributed by atoms with Gasteiger partial charge in [0.25, 0.3) is 0 Å². The number of hydrogen-bond acceptors (Lipinski definition) is 0. The Labute approximate surface area is 839 Å². The fraction of sp³-hybridized carbons (Fsp3) is 0. The molecule has 0 aliphatic carbocycles. The molecule has 0 saturated carbocycles. The quantitative estimate of drug-likeness (QED) is 0.138. The molecule has 6 heterocycles. The van der Waals surface area contributed by atoms with E-state index in [9.17, 15) is 0 Å². The average Bonchev–Trinajstić information content (AvgIpc) is 1.52. The van der Waals surface area contributed by atoms with Crippen molar-refractivity contribution >= 4 is 217 Å². The summed E-state index contributed by atoms with van der Waals surface area (Å²) in [6.45, 7) is 0. The first-order valence-electron chi connectivity index (χ1n) is 50.4. The first-order valence-corrected chi connectivity index (χ1v) is 50.4. The minimum Gasteiger partial charge on any atom is -0.309 e. The number of nitrogens with zero attached hydrogens (tertiary/aromatic N) is 6. The lowest BCUT2D eigenvalue weighted by Gasteiger charge is -2.14. The maximum Gasteiger partial charge on any atom is 0.0648 e. The number of hydrogen-bond donors (Lipinski definition) is 0. The van der Waals surface area contributed by atoms with Crippen molar-refractivity contribution in [1.82, 2.24) is 27.4 Å². The van der Waals surface area contributed by atoms with E-state index in [4.69, 9.17) is 0 Å². The molecule has 0 saturated heterocycles. The summed E-state index contributed by atoms with van der Waals surface area (Å²) in [4.78, 5) is 0. The van der Waals surface area contributed by atoms with Crippen LogP contribution in [0.1, 0.15) is 0 Å². The van der Waals surface area contributed by atoms with E-state index in [1.165, 1.54) is 267 Å². The van der Waals surface area contributed by atoms with Crippen LogP contribution in [-0.2, 0) is 0 Å². The zero-order valence-electron chi connectivity index (χ0n) is 79.5. The lowest BCUT2D eigenvalue weighted by atomic mass is 9.97. The third-order valence-corrected chi connectivity index (χ3v) is 30.9. The molecule has 6 nitrogen and oxygen atoms in total. The summed E-state index contributed by atoms with van der Waals surface area (Å²) in [5.74, 6) is 0. The van der Waals surface area contributed by atoms with Gasteiger partial charge in [-0.1, -0.05) is 400 Å². The van der Waals surface area contributed by atoms with Gasteiger partial charge in [-0.05, 0) is 242 Å². The van der Waals surface area contributed by atoms with Crippen molar-refractivity contribution in [3.8, 4) is 67.5 Å². The lowest BCUT2D eigenvalue weighted by molar-refractivity contribution is 1.17. The molecule has 146 heavy (non-hydrogen) atoms. The maximum absolute atomic E-state index is 2.54. The summed E-state index contributed by atoms with van der Waals surface area (Å²) < 4.78 is 14.9. The minimum atomic E-state index is 1.15. The Morgan fingerprint density at radius 3 is 0.911 bits per heavy atom. The van der Waals surface area contributed by atoms with Crippen LogP contribution in [0.4, 0.5) is 0 Å². The fourth-order valence-electron chi connectivity index (χ4n) is 24.5. The Bertz CT molecular complexity index is 11000. The van der Waals surface area contributed by atoms with Crippen LogP contribution in [0.2, 0.25) is 0 Å². The van der Waals surface area contributed by atoms with Crippen molar-refractivity contribution < 1.29 is 0 Å². The van der Waals surface area contributed by atoms with Crippen molar-refractivity contribution in [2.24, 2.45) is 0 Å². The van der Waals surface area contributed by atoms with E-state index >= 15 is 0 Å². The smallest absolute Gasteiger partial charge is 0.0648 e. The molecular weight excluding hydrogens is 1770 g/mol. The largest absolute Gasteiger partial charge is 0.309 e. The first-order chi connectivity index (χ1) is 72.5. The summed E-state index contributed by atoms with van der Waals surface area (Å²) in [7, 11) is 0. The van der Waals surface area contributed by atoms with Crippen molar-refractivity contribution in [1.29, 1.82) is 0 Å². The first kappa shape index (κ1) is 82.5. The highest BCUT2D eigenvalue weighted by Gasteiger charge is 2.30. The highest BCUT2D eigenvalue weighted by molar-refractivity contribution is 6.42. The molecule has 32 aromatic rings. The molecular formula is C140H88N6. The SMILES string of the molecule is c1ccc(-c2ccc(-n3c4ccccc4c4c3c3ccccc3c3c5c6ccccc6ccc5n(-c5ccc6ccccc6c5)c34)cc2)cc1.c1ccc(-c2ccc3ccc(-n4c5ccccc5c5cc6c7cc8ccccc8cc7n(-c7ccccc7)c6cc54)cc3c2)cc1.c1ccc(-c2cccc(-n3c4ccccc4c4c3c3ccccc3c3c5c6ccccc6ccc5n(-c5ccc6ccccc6c5)c34)c2)cc1. The second-order valence-electron chi connectivity index (χ2n) is 38.9. The van der Waals surface area contributed by atoms with Gasteiger partial charge in [0.05, 0.1) is 66.2 Å². The second kappa shape index (κ2) is 33.1. The molecule has 6 heteroatoms. The van der Waals surface area contributed by atoms with Crippen LogP contribution in [0.3, 0.4) is 0 Å². The minimum absolute atomic E-state index is 1.15. The third kappa shape index (κ3) is 12.9. The standard InChI is InChI=1S/2C48H30N2.C44H28N2/c1-2-13-31(14-3-1)35-18-12-19-36(29-35)49-42-24-11-10-23-41(42)46-47(49)40-22-9-8-21-39(40)45-44-38-20-7-6-16-33(38)26-28-43(44)50(48(45)46)37-27-25-32-15-4-5-17-34(32)30-37;1-2-12-31(13-3-1)33-22-26-36(27-23-33)49-42-21-11-10-20-41(42)46-47(49)40-19-9-8-18-39(40)45-44-38-17-7-6-15-34(38)25-29-43(44)50(48(45)46)37-28-24-32-14-4-5-16-35(32)30-37;1-3-11-29(12-4-1)33-20-19-30-21-22-36(24-34(30)23-33)46-41-18-10-9-17-37(41)39-27-40-38-25-31-13-7-8-14-32(31)26-42(38)45(44(40)28-43(39)46)35-15-5-2-6-16-35/h2*1-30H;1-28H. The molecule has 0 amide bonds. The van der Waals surface area contributed by atoms with E-state index < -0.39 is 0 Å². The summed E-state index contributed by atoms with van der Waals surface area (Å²) in [6, 6.07) is 195. The van der Waals surface area contributed by atoms with Crippen LogP contribution in [0.15, 0.2) is 534 Å². The lowest BCUT2D eigenvalue weighted by Crippen LogP contribution is -1.97. The van der Waals surface area contributed by atoms with E-state index in [-0.39, 0.29) is 0 Å². The predicted octanol–water partition coefficient (Wildman–Crippen LogP) is 37.9. The zero-order chi connectivity index (χ0) is 95.7. The van der Waals surface area contributed by atoms with E-state index in [0.29, 0.717) is 0 Å². The van der Waals surface area contributed by atoms with Gasteiger partial charge in [0.15, 0.2) is 0 Å². The summed E-state index contributed by atoms with van der Waals surface area (Å²) in [6.07, 6.45) is 0. The van der Waals surface area contributed by atoms with E-state index in [0.717, 1.165) is 17.1 Å². The van der Waals surface area contributed by atoms with Gasteiger partial charge in [0.2, 0.25) is 0 Å². The molecule has 26 aromatic carbocycles. The Morgan fingerprint density at radius 1 is 0.0959 bits per heavy atom. The highest BCUT2D eigenvalue weighted by Crippen LogP contribution is 2.53. The molecule has 0 N–H and O–H groups in total. The van der Waals surface area contributed by atoms with Crippen molar-refractivity contribution in [3.05, 3.63) is 534 Å². The number of para-hydroxylation sites is 4. The molecule has 0 aliphatic heterocycles. The number of benzene rings is 26. The van der Waals surface area contributed by atoms with Crippen LogP contribution in [0.5, 0.6) is 0 Å². The van der Waals surface area contributed by atoms with Crippen LogP contribution < -0.4 is 0 Å². The van der Waals surface area contributed by atoms with Gasteiger partial charge in [0.1, 0.15) is 0 Å². The monoisotopic (exact) mass is 1850 g/mol. The number of aromatic nitrogens is 6. The summed E-state index contributed by atoms with van der Waals surface area (Å²) in [5, 5.41) is 35.3. The van der Waals surface area contributed by atoms with E-state index in [1.54, 1.807) is 0 Å². The Hall–Kier alpha value is -19.4. The van der Waals surface area contributed by atoms with Gasteiger partial charge in [-0.25, -0.2) is 0 Å². The van der Waals surface area contributed by atoms with Gasteiger partial charge in [-0.15, -0.1) is 0 Å². The van der Waals surface area contributed by atoms with Crippen LogP contribution in [-0.4, -0.2) is 27.4 Å². The summed E-state index contributed by atoms with van der Waals surface area (Å²) in [5.41, 5.74) is 28.9. The van der Waals surface area contributed by atoms with Crippen LogP contribution in [0.25, 0.3) is 285 Å². The molecule has 0 radical (unpaired) electrons. The van der Waals surface area contributed by atoms with E-state index in [1.807, 2.05) is 0 Å². The van der Waals surface area contributed by atoms with Crippen molar-refractivity contribution in [2.75, 3.05) is 0 Å². The average molecular weight is 1850 g/mol. The fourth-order valence-corrected chi connectivity index (χ4v) is 24.5. The van der Waals surface area contributed by atoms with Crippen molar-refractivity contribution in [2.45, 2.75) is 0 Å². The second-order valence-corrected chi connectivity index (χ2v) is 38.9. The Balaban J connectivity index is 0.000000102. The van der Waals surface area contributed by atoms with Gasteiger partial charge in [0, 0.05) is 110 Å². The molecule has 0 fully saturated rings. The maximum atomic E-state index is 2.54. The zero-order valence-corrected chi connectivity index (χ0v) is 79.5. The van der Waals surface area contributed by atoms with E-state index in [2.05, 4.69) is 561 Å². The molecule has 0 aliphatic rings. The molecule has 678 valence electrons. The summed E-state index contributed by atoms with van der Waals surface area (Å²) >= 11 is 0. The molecule has 0 unspecified atom stereocenters. The molecule has 0 spiro atoms. The molecule has 32 rings (SSSR count). The normalized spacial score (nSPS) is 12.0. The topological polar surface area (TPSA) is 29.6 Å². The number of fused-ring (bicyclic) bond motifs is 34. The Morgan fingerprint density at radius 2 is 0.390 bits per heavy atom. The van der Waals surface area contributed by atoms with Gasteiger partial charge >= 0.3 is 0 Å². The van der Waals surface area contributed by atoms with Gasteiger partial charge < -0.3 is 27.4 Å². The molecule has 0 bridgehead atoms. The third-order valence-electron chi connectivity index (χ3n) is 30.9. The number of rotatable bonds is 9. The molecule has 0 atom stereocenters. The van der Waals surface area contributed by atoms with Crippen LogP contribution >= 0.6 is 0 Å². The molecule has 6 aromatic heterocycles. The Kier molecular flexibility index (Phi) is 18.7.